The molecule has 6 nitrogen and oxygen atoms in total. The van der Waals surface area contributed by atoms with E-state index in [9.17, 15) is 4.79 Å². The minimum absolute atomic E-state index is 0.119. The minimum Gasteiger partial charge on any atom is -0.339 e. The minimum atomic E-state index is 0.119. The van der Waals surface area contributed by atoms with Gasteiger partial charge in [-0.1, -0.05) is 55.8 Å². The summed E-state index contributed by atoms with van der Waals surface area (Å²) in [6.07, 6.45) is 5.56. The number of benzene rings is 2. The number of hydrogen-bond acceptors (Lipinski definition) is 4. The van der Waals surface area contributed by atoms with Gasteiger partial charge < -0.3 is 14.4 Å². The zero-order chi connectivity index (χ0) is 27.4. The standard InChI is InChI=1S/C32H42ClN5O/c1-23(2)31-35-34-24(3)38(31)29-15-18-36(19-16-29)20-17-30(25-7-5-4-6-8-25)26-13-21-37(22-14-26)32(39)27-9-11-28(33)12-10-27/h4-12,23,26,29-30H,13-22H2,1-3H3. The highest BCUT2D eigenvalue weighted by Crippen LogP contribution is 2.36. The first-order valence-electron chi connectivity index (χ1n) is 14.6. The number of nitrogens with zero attached hydrogens (tertiary/aromatic N) is 5. The molecule has 0 spiro atoms. The van der Waals surface area contributed by atoms with E-state index in [-0.39, 0.29) is 5.91 Å². The fourth-order valence-corrected chi connectivity index (χ4v) is 6.73. The first kappa shape index (κ1) is 27.9. The van der Waals surface area contributed by atoms with E-state index >= 15 is 0 Å². The molecule has 208 valence electrons. The summed E-state index contributed by atoms with van der Waals surface area (Å²) in [7, 11) is 0. The topological polar surface area (TPSA) is 54.3 Å². The largest absolute Gasteiger partial charge is 0.339 e. The van der Waals surface area contributed by atoms with Crippen molar-refractivity contribution in [1.82, 2.24) is 24.6 Å². The third kappa shape index (κ3) is 6.55. The predicted octanol–water partition coefficient (Wildman–Crippen LogP) is 6.73. The molecule has 1 unspecified atom stereocenters. The monoisotopic (exact) mass is 547 g/mol. The number of amides is 1. The number of aromatic nitrogens is 3. The van der Waals surface area contributed by atoms with Gasteiger partial charge >= 0.3 is 0 Å². The lowest BCUT2D eigenvalue weighted by Gasteiger charge is -2.38. The average molecular weight is 548 g/mol. The van der Waals surface area contributed by atoms with Gasteiger partial charge in [-0.2, -0.15) is 0 Å². The van der Waals surface area contributed by atoms with E-state index in [2.05, 4.69) is 70.8 Å². The molecule has 1 atom stereocenters. The van der Waals surface area contributed by atoms with Crippen LogP contribution in [0.3, 0.4) is 0 Å². The Kier molecular flexibility index (Phi) is 9.03. The van der Waals surface area contributed by atoms with Gasteiger partial charge in [-0.15, -0.1) is 10.2 Å². The van der Waals surface area contributed by atoms with Gasteiger partial charge in [0.15, 0.2) is 0 Å². The van der Waals surface area contributed by atoms with Crippen molar-refractivity contribution in [3.63, 3.8) is 0 Å². The smallest absolute Gasteiger partial charge is 0.253 e. The fraction of sp³-hybridized carbons (Fsp3) is 0.531. The maximum Gasteiger partial charge on any atom is 0.253 e. The molecule has 1 aromatic heterocycles. The Balaban J connectivity index is 1.18. The van der Waals surface area contributed by atoms with Crippen LogP contribution in [0.2, 0.25) is 5.02 Å². The number of aryl methyl sites for hydroxylation is 1. The summed E-state index contributed by atoms with van der Waals surface area (Å²) < 4.78 is 2.40. The lowest BCUT2D eigenvalue weighted by Crippen LogP contribution is -2.40. The number of piperidine rings is 2. The molecule has 2 aliphatic heterocycles. The van der Waals surface area contributed by atoms with Gasteiger partial charge in [0.25, 0.3) is 5.91 Å². The average Bonchev–Trinajstić information content (AvgIpc) is 3.36. The van der Waals surface area contributed by atoms with E-state index in [1.807, 2.05) is 17.0 Å². The molecule has 39 heavy (non-hydrogen) atoms. The number of likely N-dealkylation sites (tertiary alicyclic amines) is 2. The molecule has 0 N–H and O–H groups in total. The quantitative estimate of drug-likeness (QED) is 0.314. The molecule has 0 radical (unpaired) electrons. The molecule has 2 fully saturated rings. The van der Waals surface area contributed by atoms with Crippen molar-refractivity contribution in [2.24, 2.45) is 5.92 Å². The molecule has 1 amide bonds. The summed E-state index contributed by atoms with van der Waals surface area (Å²) >= 11 is 6.02. The number of rotatable bonds is 8. The number of carbonyl (C=O) groups excluding carboxylic acids is 1. The molecule has 3 aromatic rings. The third-order valence-corrected chi connectivity index (χ3v) is 9.05. The highest BCUT2D eigenvalue weighted by molar-refractivity contribution is 6.30. The summed E-state index contributed by atoms with van der Waals surface area (Å²) in [5.74, 6) is 3.78. The van der Waals surface area contributed by atoms with Crippen molar-refractivity contribution in [3.05, 3.63) is 82.4 Å². The van der Waals surface area contributed by atoms with Crippen LogP contribution in [-0.4, -0.2) is 63.2 Å². The van der Waals surface area contributed by atoms with Crippen LogP contribution in [0.25, 0.3) is 0 Å². The Bertz CT molecular complexity index is 1210. The van der Waals surface area contributed by atoms with Crippen LogP contribution in [0, 0.1) is 12.8 Å². The Morgan fingerprint density at radius 3 is 2.23 bits per heavy atom. The van der Waals surface area contributed by atoms with Gasteiger partial charge in [0.1, 0.15) is 11.6 Å². The Hall–Kier alpha value is -2.70. The maximum absolute atomic E-state index is 13.0. The molecule has 2 saturated heterocycles. The number of hydrogen-bond donors (Lipinski definition) is 0. The summed E-state index contributed by atoms with van der Waals surface area (Å²) in [4.78, 5) is 17.7. The van der Waals surface area contributed by atoms with Gasteiger partial charge in [0.2, 0.25) is 0 Å². The van der Waals surface area contributed by atoms with Crippen LogP contribution in [0.4, 0.5) is 0 Å². The number of carbonyl (C=O) groups is 1. The molecule has 3 heterocycles. The lowest BCUT2D eigenvalue weighted by molar-refractivity contribution is 0.0671. The van der Waals surface area contributed by atoms with Crippen LogP contribution < -0.4 is 0 Å². The van der Waals surface area contributed by atoms with E-state index in [0.717, 1.165) is 82.0 Å². The normalized spacial score (nSPS) is 18.5. The molecule has 2 aliphatic rings. The molecule has 0 saturated carbocycles. The van der Waals surface area contributed by atoms with Crippen LogP contribution in [0.15, 0.2) is 54.6 Å². The number of halogens is 1. The van der Waals surface area contributed by atoms with Crippen molar-refractivity contribution in [2.45, 2.75) is 70.8 Å². The van der Waals surface area contributed by atoms with Gasteiger partial charge in [-0.25, -0.2) is 0 Å². The van der Waals surface area contributed by atoms with E-state index in [1.54, 1.807) is 12.1 Å². The molecule has 5 rings (SSSR count). The van der Waals surface area contributed by atoms with Crippen LogP contribution in [0.5, 0.6) is 0 Å². The Labute approximate surface area is 238 Å². The van der Waals surface area contributed by atoms with Crippen molar-refractivity contribution >= 4 is 17.5 Å². The molecule has 2 aromatic carbocycles. The maximum atomic E-state index is 13.0. The molecule has 0 bridgehead atoms. The van der Waals surface area contributed by atoms with E-state index < -0.39 is 0 Å². The van der Waals surface area contributed by atoms with Crippen molar-refractivity contribution in [2.75, 3.05) is 32.7 Å². The van der Waals surface area contributed by atoms with Crippen LogP contribution in [0.1, 0.15) is 91.4 Å². The highest BCUT2D eigenvalue weighted by atomic mass is 35.5. The van der Waals surface area contributed by atoms with Gasteiger partial charge in [-0.05, 0) is 87.2 Å². The SMILES string of the molecule is Cc1nnc(C(C)C)n1C1CCN(CCC(c2ccccc2)C2CCN(C(=O)c3ccc(Cl)cc3)CC2)CC1. The highest BCUT2D eigenvalue weighted by Gasteiger charge is 2.31. The zero-order valence-corrected chi connectivity index (χ0v) is 24.4. The second kappa shape index (κ2) is 12.6. The summed E-state index contributed by atoms with van der Waals surface area (Å²) in [5, 5.41) is 9.51. The Morgan fingerprint density at radius 1 is 0.923 bits per heavy atom. The molecule has 0 aliphatic carbocycles. The summed E-state index contributed by atoms with van der Waals surface area (Å²) in [6.45, 7) is 11.5. The van der Waals surface area contributed by atoms with Crippen molar-refractivity contribution in [3.8, 4) is 0 Å². The third-order valence-electron chi connectivity index (χ3n) is 8.80. The summed E-state index contributed by atoms with van der Waals surface area (Å²) in [6, 6.07) is 18.8. The first-order valence-corrected chi connectivity index (χ1v) is 15.0. The molecule has 7 heteroatoms. The van der Waals surface area contributed by atoms with E-state index in [4.69, 9.17) is 11.6 Å². The van der Waals surface area contributed by atoms with Crippen LogP contribution >= 0.6 is 11.6 Å². The molecular weight excluding hydrogens is 506 g/mol. The van der Waals surface area contributed by atoms with Gasteiger partial charge in [0, 0.05) is 48.7 Å². The van der Waals surface area contributed by atoms with E-state index in [1.165, 1.54) is 5.56 Å². The van der Waals surface area contributed by atoms with Crippen molar-refractivity contribution in [1.29, 1.82) is 0 Å². The van der Waals surface area contributed by atoms with Gasteiger partial charge in [0.05, 0.1) is 0 Å². The summed E-state index contributed by atoms with van der Waals surface area (Å²) in [5.41, 5.74) is 2.17. The predicted molar refractivity (Wildman–Crippen MR) is 157 cm³/mol. The lowest BCUT2D eigenvalue weighted by atomic mass is 9.78. The van der Waals surface area contributed by atoms with Gasteiger partial charge in [-0.3, -0.25) is 4.79 Å². The second-order valence-corrected chi connectivity index (χ2v) is 12.1. The fourth-order valence-electron chi connectivity index (χ4n) is 6.61. The van der Waals surface area contributed by atoms with E-state index in [0.29, 0.717) is 28.8 Å². The Morgan fingerprint density at radius 2 is 1.59 bits per heavy atom. The second-order valence-electron chi connectivity index (χ2n) is 11.6. The van der Waals surface area contributed by atoms with Crippen molar-refractivity contribution < 1.29 is 4.79 Å². The molecular formula is C32H42ClN5O. The van der Waals surface area contributed by atoms with Crippen LogP contribution in [-0.2, 0) is 0 Å². The zero-order valence-electron chi connectivity index (χ0n) is 23.6. The first-order chi connectivity index (χ1) is 18.9.